The summed E-state index contributed by atoms with van der Waals surface area (Å²) < 4.78 is 27.4. The van der Waals surface area contributed by atoms with Crippen molar-refractivity contribution in [2.24, 2.45) is 7.05 Å². The number of pyridine rings is 1. The van der Waals surface area contributed by atoms with Crippen molar-refractivity contribution in [2.75, 3.05) is 19.8 Å². The lowest BCUT2D eigenvalue weighted by atomic mass is 9.83. The minimum absolute atomic E-state index is 0.0495. The van der Waals surface area contributed by atoms with Crippen LogP contribution in [-0.2, 0) is 17.1 Å². The Balaban J connectivity index is 1.81. The molecule has 0 fully saturated rings. The van der Waals surface area contributed by atoms with Crippen LogP contribution in [-0.4, -0.2) is 58.8 Å². The van der Waals surface area contributed by atoms with Crippen molar-refractivity contribution in [3.63, 3.8) is 0 Å². The lowest BCUT2D eigenvalue weighted by Crippen LogP contribution is -2.45. The molecular weight excluding hydrogens is 514 g/mol. The highest BCUT2D eigenvalue weighted by atomic mass is 32.2. The zero-order valence-electron chi connectivity index (χ0n) is 23.5. The Morgan fingerprint density at radius 2 is 1.56 bits per heavy atom. The molecule has 3 rings (SSSR count). The summed E-state index contributed by atoms with van der Waals surface area (Å²) in [4.78, 5) is 25.5. The van der Waals surface area contributed by atoms with Crippen LogP contribution in [0, 0.1) is 0 Å². The van der Waals surface area contributed by atoms with E-state index in [1.54, 1.807) is 26.4 Å². The maximum absolute atomic E-state index is 12.4. The largest absolute Gasteiger partial charge is 0.465 e. The van der Waals surface area contributed by atoms with Crippen LogP contribution >= 0.6 is 0 Å². The van der Waals surface area contributed by atoms with Crippen LogP contribution in [0.4, 0.5) is 4.79 Å². The minimum Gasteiger partial charge on any atom is -0.465 e. The molecule has 0 bridgehead atoms. The summed E-state index contributed by atoms with van der Waals surface area (Å²) in [6.45, 7) is 5.95. The van der Waals surface area contributed by atoms with E-state index in [0.29, 0.717) is 12.8 Å². The fourth-order valence-corrected chi connectivity index (χ4v) is 5.91. The maximum Gasteiger partial charge on any atom is 0.407 e. The number of rotatable bonds is 11. The van der Waals surface area contributed by atoms with E-state index in [1.807, 2.05) is 75.4 Å². The summed E-state index contributed by atoms with van der Waals surface area (Å²) in [6, 6.07) is 20.4. The van der Waals surface area contributed by atoms with Gasteiger partial charge in [0.05, 0.1) is 12.3 Å². The van der Waals surface area contributed by atoms with Gasteiger partial charge >= 0.3 is 6.09 Å². The Bertz CT molecular complexity index is 1430. The second-order valence-corrected chi connectivity index (χ2v) is 12.8. The third-order valence-corrected chi connectivity index (χ3v) is 9.10. The van der Waals surface area contributed by atoms with E-state index in [1.165, 1.54) is 26.1 Å². The summed E-state index contributed by atoms with van der Waals surface area (Å²) in [7, 11) is -0.109. The molecule has 8 nitrogen and oxygen atoms in total. The van der Waals surface area contributed by atoms with Gasteiger partial charge in [-0.1, -0.05) is 54.6 Å². The number of aromatic nitrogens is 1. The van der Waals surface area contributed by atoms with E-state index in [-0.39, 0.29) is 24.1 Å². The van der Waals surface area contributed by atoms with Gasteiger partial charge < -0.3 is 14.6 Å². The predicted octanol–water partition coefficient (Wildman–Crippen LogP) is 5.33. The summed E-state index contributed by atoms with van der Waals surface area (Å²) in [6.07, 6.45) is 3.04. The van der Waals surface area contributed by atoms with E-state index in [4.69, 9.17) is 0 Å². The Morgan fingerprint density at radius 3 is 2.10 bits per heavy atom. The number of hydrogen-bond acceptors (Lipinski definition) is 4. The van der Waals surface area contributed by atoms with Crippen molar-refractivity contribution in [1.29, 1.82) is 0 Å². The third-order valence-electron chi connectivity index (χ3n) is 7.61. The number of nitrogens with zero attached hydrogens (tertiary/aromatic N) is 3. The summed E-state index contributed by atoms with van der Waals surface area (Å²) >= 11 is 0. The normalized spacial score (nSPS) is 13.7. The lowest BCUT2D eigenvalue weighted by Gasteiger charge is -2.37. The standard InChI is InChI=1S/C30H39N3O5S/c1-22(23-12-14-25(15-13-23)27-16-17-28(34)31(4)21-27)33(29(35)36)19-18-26(24-10-8-7-9-11-24)20-30(2,3)32(5)39(6,37)38/h7-17,21-22,26H,18-20H2,1-6H3,(H,35,36)/t22-,26+/m0/s1. The second kappa shape index (κ2) is 12.2. The molecule has 0 saturated carbocycles. The van der Waals surface area contributed by atoms with Gasteiger partial charge in [-0.2, -0.15) is 4.31 Å². The van der Waals surface area contributed by atoms with Crippen LogP contribution in [0.15, 0.2) is 77.7 Å². The number of carboxylic acid groups (broad SMARTS) is 1. The number of aryl methyl sites for hydroxylation is 1. The maximum atomic E-state index is 12.4. The van der Waals surface area contributed by atoms with Gasteiger partial charge in [0.25, 0.3) is 0 Å². The zero-order chi connectivity index (χ0) is 29.0. The quantitative estimate of drug-likeness (QED) is 0.346. The minimum atomic E-state index is -3.40. The molecule has 1 aromatic heterocycles. The van der Waals surface area contributed by atoms with Crippen LogP contribution in [0.5, 0.6) is 0 Å². The molecule has 0 radical (unpaired) electrons. The molecule has 0 aliphatic rings. The molecule has 0 spiro atoms. The molecule has 2 aromatic carbocycles. The van der Waals surface area contributed by atoms with Gasteiger partial charge in [-0.3, -0.25) is 4.79 Å². The molecule has 0 saturated heterocycles. The van der Waals surface area contributed by atoms with Crippen molar-refractivity contribution < 1.29 is 18.3 Å². The van der Waals surface area contributed by atoms with Crippen LogP contribution in [0.25, 0.3) is 11.1 Å². The van der Waals surface area contributed by atoms with Crippen LogP contribution in [0.1, 0.15) is 56.7 Å². The summed E-state index contributed by atoms with van der Waals surface area (Å²) in [5.41, 5.74) is 3.00. The average Bonchev–Trinajstić information content (AvgIpc) is 2.89. The zero-order valence-corrected chi connectivity index (χ0v) is 24.4. The van der Waals surface area contributed by atoms with Gasteiger partial charge in [-0.15, -0.1) is 0 Å². The lowest BCUT2D eigenvalue weighted by molar-refractivity contribution is 0.124. The van der Waals surface area contributed by atoms with Gasteiger partial charge in [0.1, 0.15) is 0 Å². The molecule has 1 amide bonds. The molecule has 0 unspecified atom stereocenters. The van der Waals surface area contributed by atoms with Gasteiger partial charge in [0, 0.05) is 38.4 Å². The van der Waals surface area contributed by atoms with Crippen molar-refractivity contribution in [3.8, 4) is 11.1 Å². The Hall–Kier alpha value is -3.43. The molecule has 0 aliphatic heterocycles. The smallest absolute Gasteiger partial charge is 0.407 e. The first-order valence-corrected chi connectivity index (χ1v) is 14.8. The Labute approximate surface area is 231 Å². The highest BCUT2D eigenvalue weighted by Crippen LogP contribution is 2.34. The molecule has 39 heavy (non-hydrogen) atoms. The van der Waals surface area contributed by atoms with Gasteiger partial charge in [-0.25, -0.2) is 13.2 Å². The second-order valence-electron chi connectivity index (χ2n) is 10.8. The number of hydrogen-bond donors (Lipinski definition) is 1. The van der Waals surface area contributed by atoms with Crippen LogP contribution < -0.4 is 5.56 Å². The fourth-order valence-electron chi connectivity index (χ4n) is 4.94. The predicted molar refractivity (Wildman–Crippen MR) is 155 cm³/mol. The number of amides is 1. The van der Waals surface area contributed by atoms with E-state index < -0.39 is 21.7 Å². The first-order chi connectivity index (χ1) is 18.2. The highest BCUT2D eigenvalue weighted by Gasteiger charge is 2.34. The molecule has 210 valence electrons. The van der Waals surface area contributed by atoms with E-state index in [2.05, 4.69) is 0 Å². The number of benzene rings is 2. The SMILES string of the molecule is C[C@@H](c1ccc(-c2ccc(=O)n(C)c2)cc1)N(CC[C@H](CC(C)(C)N(C)S(C)(=O)=O)c1ccccc1)C(=O)O. The van der Waals surface area contributed by atoms with Crippen molar-refractivity contribution in [3.05, 3.63) is 94.4 Å². The molecule has 1 heterocycles. The Kier molecular flexibility index (Phi) is 9.40. The molecule has 1 N–H and O–H groups in total. The monoisotopic (exact) mass is 553 g/mol. The Morgan fingerprint density at radius 1 is 0.974 bits per heavy atom. The third kappa shape index (κ3) is 7.58. The van der Waals surface area contributed by atoms with Crippen molar-refractivity contribution in [2.45, 2.75) is 51.1 Å². The summed E-state index contributed by atoms with van der Waals surface area (Å²) in [5.74, 6) is -0.0495. The first-order valence-electron chi connectivity index (χ1n) is 13.0. The first kappa shape index (κ1) is 30.1. The van der Waals surface area contributed by atoms with Crippen molar-refractivity contribution >= 4 is 16.1 Å². The van der Waals surface area contributed by atoms with E-state index in [0.717, 1.165) is 22.3 Å². The molecule has 9 heteroatoms. The molecule has 0 aliphatic carbocycles. The number of carbonyl (C=O) groups is 1. The molecular formula is C30H39N3O5S. The average molecular weight is 554 g/mol. The van der Waals surface area contributed by atoms with Gasteiger partial charge in [0.2, 0.25) is 15.6 Å². The van der Waals surface area contributed by atoms with Crippen LogP contribution in [0.3, 0.4) is 0 Å². The number of sulfonamides is 1. The van der Waals surface area contributed by atoms with Gasteiger partial charge in [-0.05, 0) is 67.9 Å². The summed E-state index contributed by atoms with van der Waals surface area (Å²) in [5, 5.41) is 10.1. The van der Waals surface area contributed by atoms with E-state index in [9.17, 15) is 23.1 Å². The van der Waals surface area contributed by atoms with Crippen LogP contribution in [0.2, 0.25) is 0 Å². The topological polar surface area (TPSA) is 99.9 Å². The van der Waals surface area contributed by atoms with E-state index >= 15 is 0 Å². The van der Waals surface area contributed by atoms with Gasteiger partial charge in [0.15, 0.2) is 0 Å². The van der Waals surface area contributed by atoms with Crippen molar-refractivity contribution in [1.82, 2.24) is 13.8 Å². The fraction of sp³-hybridized carbons (Fsp3) is 0.400. The highest BCUT2D eigenvalue weighted by molar-refractivity contribution is 7.88. The molecule has 3 aromatic rings. The molecule has 2 atom stereocenters.